The molecule has 1 heterocycles. The molecule has 0 fully saturated rings. The van der Waals surface area contributed by atoms with Gasteiger partial charge < -0.3 is 0 Å². The molecule has 0 saturated heterocycles. The SMILES string of the molecule is FC(F)(F)c1cccc(C2=CCN(CCc3ccc4c(c3)Cc3ccccc3-4)CC2)c1. The molecule has 0 saturated carbocycles. The van der Waals surface area contributed by atoms with E-state index in [1.54, 1.807) is 6.07 Å². The molecule has 1 aliphatic carbocycles. The molecule has 0 aromatic heterocycles. The van der Waals surface area contributed by atoms with Crippen LogP contribution in [0.2, 0.25) is 0 Å². The van der Waals surface area contributed by atoms with Crippen LogP contribution in [0, 0.1) is 0 Å². The van der Waals surface area contributed by atoms with Crippen LogP contribution >= 0.6 is 0 Å². The monoisotopic (exact) mass is 419 g/mol. The summed E-state index contributed by atoms with van der Waals surface area (Å²) < 4.78 is 39.0. The van der Waals surface area contributed by atoms with Crippen LogP contribution in [0.4, 0.5) is 13.2 Å². The molecule has 3 aromatic carbocycles. The molecule has 2 aliphatic rings. The zero-order valence-corrected chi connectivity index (χ0v) is 17.3. The maximum Gasteiger partial charge on any atom is 0.416 e. The molecule has 0 bridgehead atoms. The van der Waals surface area contributed by atoms with Crippen LogP contribution in [0.1, 0.15) is 34.2 Å². The van der Waals surface area contributed by atoms with E-state index in [1.165, 1.54) is 39.9 Å². The van der Waals surface area contributed by atoms with Gasteiger partial charge in [-0.1, -0.05) is 60.7 Å². The zero-order chi connectivity index (χ0) is 21.4. The molecule has 158 valence electrons. The average Bonchev–Trinajstić information content (AvgIpc) is 3.15. The van der Waals surface area contributed by atoms with Crippen molar-refractivity contribution in [3.63, 3.8) is 0 Å². The number of alkyl halides is 3. The molecule has 3 aromatic rings. The van der Waals surface area contributed by atoms with E-state index in [9.17, 15) is 13.2 Å². The molecule has 1 nitrogen and oxygen atoms in total. The summed E-state index contributed by atoms with van der Waals surface area (Å²) in [5, 5.41) is 0. The predicted molar refractivity (Wildman–Crippen MR) is 119 cm³/mol. The molecule has 4 heteroatoms. The molecular formula is C27H24F3N. The number of nitrogens with zero attached hydrogens (tertiary/aromatic N) is 1. The van der Waals surface area contributed by atoms with E-state index in [0.29, 0.717) is 5.56 Å². The molecule has 31 heavy (non-hydrogen) atoms. The minimum Gasteiger partial charge on any atom is -0.299 e. The van der Waals surface area contributed by atoms with Gasteiger partial charge in [0.05, 0.1) is 5.56 Å². The molecule has 0 radical (unpaired) electrons. The first kappa shape index (κ1) is 20.1. The van der Waals surface area contributed by atoms with Gasteiger partial charge in [-0.15, -0.1) is 0 Å². The Morgan fingerprint density at radius 1 is 0.839 bits per heavy atom. The Morgan fingerprint density at radius 2 is 1.68 bits per heavy atom. The summed E-state index contributed by atoms with van der Waals surface area (Å²) in [6.07, 6.45) is 0.552. The highest BCUT2D eigenvalue weighted by molar-refractivity contribution is 5.77. The Kier molecular flexibility index (Phi) is 5.19. The van der Waals surface area contributed by atoms with Crippen LogP contribution < -0.4 is 0 Å². The summed E-state index contributed by atoms with van der Waals surface area (Å²) in [6, 6.07) is 21.1. The molecule has 0 amide bonds. The van der Waals surface area contributed by atoms with E-state index in [4.69, 9.17) is 0 Å². The highest BCUT2D eigenvalue weighted by Gasteiger charge is 2.30. The smallest absolute Gasteiger partial charge is 0.299 e. The lowest BCUT2D eigenvalue weighted by Gasteiger charge is -2.26. The van der Waals surface area contributed by atoms with Gasteiger partial charge in [0, 0.05) is 19.6 Å². The second-order valence-electron chi connectivity index (χ2n) is 8.43. The van der Waals surface area contributed by atoms with Gasteiger partial charge in [-0.2, -0.15) is 13.2 Å². The molecule has 0 spiro atoms. The van der Waals surface area contributed by atoms with Gasteiger partial charge in [0.1, 0.15) is 0 Å². The van der Waals surface area contributed by atoms with E-state index in [1.807, 2.05) is 0 Å². The largest absolute Gasteiger partial charge is 0.416 e. The van der Waals surface area contributed by atoms with Crippen molar-refractivity contribution >= 4 is 5.57 Å². The van der Waals surface area contributed by atoms with Crippen molar-refractivity contribution in [1.29, 1.82) is 0 Å². The van der Waals surface area contributed by atoms with Crippen molar-refractivity contribution < 1.29 is 13.2 Å². The number of fused-ring (bicyclic) bond motifs is 3. The molecule has 5 rings (SSSR count). The second-order valence-corrected chi connectivity index (χ2v) is 8.43. The second kappa shape index (κ2) is 8.01. The van der Waals surface area contributed by atoms with E-state index < -0.39 is 11.7 Å². The fourth-order valence-corrected chi connectivity index (χ4v) is 4.71. The number of rotatable bonds is 4. The lowest BCUT2D eigenvalue weighted by atomic mass is 9.97. The minimum absolute atomic E-state index is 0.577. The maximum absolute atomic E-state index is 13.0. The Hall–Kier alpha value is -2.85. The summed E-state index contributed by atoms with van der Waals surface area (Å²) in [4.78, 5) is 2.37. The molecule has 0 N–H and O–H groups in total. The number of hydrogen-bond donors (Lipinski definition) is 0. The molecule has 0 unspecified atom stereocenters. The minimum atomic E-state index is -4.30. The van der Waals surface area contributed by atoms with Crippen molar-refractivity contribution in [2.45, 2.75) is 25.4 Å². The van der Waals surface area contributed by atoms with Crippen molar-refractivity contribution in [2.24, 2.45) is 0 Å². The van der Waals surface area contributed by atoms with Crippen molar-refractivity contribution in [3.8, 4) is 11.1 Å². The summed E-state index contributed by atoms with van der Waals surface area (Å²) in [5.74, 6) is 0. The highest BCUT2D eigenvalue weighted by Crippen LogP contribution is 2.37. The molecular weight excluding hydrogens is 395 g/mol. The number of halogens is 3. The van der Waals surface area contributed by atoms with E-state index in [-0.39, 0.29) is 0 Å². The summed E-state index contributed by atoms with van der Waals surface area (Å²) in [7, 11) is 0. The normalized spacial score (nSPS) is 16.0. The summed E-state index contributed by atoms with van der Waals surface area (Å²) >= 11 is 0. The quantitative estimate of drug-likeness (QED) is 0.360. The van der Waals surface area contributed by atoms with Gasteiger partial charge in [0.25, 0.3) is 0 Å². The van der Waals surface area contributed by atoms with Crippen LogP contribution in [0.5, 0.6) is 0 Å². The summed E-state index contributed by atoms with van der Waals surface area (Å²) in [6.45, 7) is 2.61. The topological polar surface area (TPSA) is 3.24 Å². The van der Waals surface area contributed by atoms with Crippen LogP contribution in [0.25, 0.3) is 16.7 Å². The van der Waals surface area contributed by atoms with Crippen LogP contribution in [0.3, 0.4) is 0 Å². The van der Waals surface area contributed by atoms with Crippen LogP contribution in [-0.4, -0.2) is 24.5 Å². The number of benzene rings is 3. The first-order chi connectivity index (χ1) is 15.0. The first-order valence-electron chi connectivity index (χ1n) is 10.8. The van der Waals surface area contributed by atoms with Crippen LogP contribution in [-0.2, 0) is 19.0 Å². The van der Waals surface area contributed by atoms with Crippen molar-refractivity contribution in [2.75, 3.05) is 19.6 Å². The lowest BCUT2D eigenvalue weighted by molar-refractivity contribution is -0.137. The van der Waals surface area contributed by atoms with E-state index in [2.05, 4.69) is 53.4 Å². The van der Waals surface area contributed by atoms with Gasteiger partial charge in [0.2, 0.25) is 0 Å². The van der Waals surface area contributed by atoms with Gasteiger partial charge in [-0.25, -0.2) is 0 Å². The average molecular weight is 419 g/mol. The third kappa shape index (κ3) is 4.17. The van der Waals surface area contributed by atoms with Gasteiger partial charge in [0.15, 0.2) is 0 Å². The van der Waals surface area contributed by atoms with Crippen molar-refractivity contribution in [1.82, 2.24) is 4.90 Å². The molecule has 0 atom stereocenters. The Morgan fingerprint density at radius 3 is 2.48 bits per heavy atom. The molecule has 1 aliphatic heterocycles. The Labute approximate surface area is 180 Å². The maximum atomic E-state index is 13.0. The van der Waals surface area contributed by atoms with Crippen LogP contribution in [0.15, 0.2) is 72.8 Å². The standard InChI is InChI=1S/C27H24F3N/c28-27(29,30)24-6-3-5-21(18-24)20-11-14-31(15-12-20)13-10-19-8-9-26-23(16-19)17-22-4-1-2-7-25(22)26/h1-9,11,16,18H,10,12-15,17H2. The third-order valence-corrected chi connectivity index (χ3v) is 6.43. The predicted octanol–water partition coefficient (Wildman–Crippen LogP) is 6.61. The highest BCUT2D eigenvalue weighted by atomic mass is 19.4. The van der Waals surface area contributed by atoms with Gasteiger partial charge in [-0.3, -0.25) is 4.90 Å². The zero-order valence-electron chi connectivity index (χ0n) is 17.3. The van der Waals surface area contributed by atoms with E-state index in [0.717, 1.165) is 50.5 Å². The lowest BCUT2D eigenvalue weighted by Crippen LogP contribution is -2.30. The van der Waals surface area contributed by atoms with E-state index >= 15 is 0 Å². The van der Waals surface area contributed by atoms with Gasteiger partial charge in [-0.05, 0) is 70.3 Å². The third-order valence-electron chi connectivity index (χ3n) is 6.43. The summed E-state index contributed by atoms with van der Waals surface area (Å²) in [5.41, 5.74) is 7.98. The van der Waals surface area contributed by atoms with Crippen molar-refractivity contribution in [3.05, 3.63) is 101 Å². The Balaban J connectivity index is 1.21. The Bertz CT molecular complexity index is 1140. The fourth-order valence-electron chi connectivity index (χ4n) is 4.71. The fraction of sp³-hybridized carbons (Fsp3) is 0.259. The first-order valence-corrected chi connectivity index (χ1v) is 10.8. The number of hydrogen-bond acceptors (Lipinski definition) is 1. The van der Waals surface area contributed by atoms with Gasteiger partial charge >= 0.3 is 6.18 Å².